The Kier molecular flexibility index (Phi) is 10.5. The van der Waals surface area contributed by atoms with Gasteiger partial charge in [-0.15, -0.1) is 0 Å². The van der Waals surface area contributed by atoms with Crippen LogP contribution in [0.4, 0.5) is 0 Å². The molecule has 0 spiro atoms. The Labute approximate surface area is 198 Å². The van der Waals surface area contributed by atoms with Crippen LogP contribution in [0.3, 0.4) is 0 Å². The number of hydrogen-bond acceptors (Lipinski definition) is 5. The number of ether oxygens (including phenoxy) is 1. The molecule has 2 amide bonds. The number of halogens is 2. The summed E-state index contributed by atoms with van der Waals surface area (Å²) >= 11 is 13.5. The Morgan fingerprint density at radius 1 is 1.23 bits per heavy atom. The largest absolute Gasteiger partial charge is 0.454 e. The second-order valence-electron chi connectivity index (χ2n) is 7.98. The lowest BCUT2D eigenvalue weighted by Gasteiger charge is -2.34. The average molecular weight is 489 g/mol. The van der Waals surface area contributed by atoms with Gasteiger partial charge in [-0.1, -0.05) is 49.9 Å². The number of nitrogens with one attached hydrogen (secondary N) is 2. The lowest BCUT2D eigenvalue weighted by molar-refractivity contribution is -0.150. The predicted octanol–water partition coefficient (Wildman–Crippen LogP) is 4.33. The van der Waals surface area contributed by atoms with Crippen molar-refractivity contribution in [3.05, 3.63) is 33.8 Å². The zero-order valence-corrected chi connectivity index (χ0v) is 20.4. The Bertz CT molecular complexity index is 793. The lowest BCUT2D eigenvalue weighted by atomic mass is 9.78. The predicted molar refractivity (Wildman–Crippen MR) is 126 cm³/mol. The van der Waals surface area contributed by atoms with Crippen LogP contribution in [0.5, 0.6) is 0 Å². The third-order valence-corrected chi connectivity index (χ3v) is 6.97. The fourth-order valence-corrected chi connectivity index (χ4v) is 4.63. The van der Waals surface area contributed by atoms with Gasteiger partial charge in [-0.25, -0.2) is 4.79 Å². The van der Waals surface area contributed by atoms with Gasteiger partial charge in [0.2, 0.25) is 0 Å². The quantitative estimate of drug-likeness (QED) is 0.505. The number of amides is 2. The maximum Gasteiger partial charge on any atom is 0.329 e. The van der Waals surface area contributed by atoms with Crippen LogP contribution < -0.4 is 10.6 Å². The molecule has 0 bridgehead atoms. The van der Waals surface area contributed by atoms with Crippen molar-refractivity contribution in [3.63, 3.8) is 0 Å². The summed E-state index contributed by atoms with van der Waals surface area (Å²) < 4.78 is 5.22. The molecule has 6 nitrogen and oxygen atoms in total. The van der Waals surface area contributed by atoms with E-state index in [0.29, 0.717) is 29.0 Å². The maximum absolute atomic E-state index is 12.6. The highest BCUT2D eigenvalue weighted by Gasteiger charge is 2.29. The molecule has 9 heteroatoms. The van der Waals surface area contributed by atoms with Crippen molar-refractivity contribution in [1.82, 2.24) is 10.6 Å². The molecule has 4 atom stereocenters. The van der Waals surface area contributed by atoms with Crippen molar-refractivity contribution in [2.75, 3.05) is 18.6 Å². The van der Waals surface area contributed by atoms with Gasteiger partial charge in [-0.3, -0.25) is 9.59 Å². The number of benzene rings is 1. The van der Waals surface area contributed by atoms with Crippen LogP contribution in [-0.4, -0.2) is 48.5 Å². The molecule has 1 saturated carbocycles. The monoisotopic (exact) mass is 488 g/mol. The van der Waals surface area contributed by atoms with E-state index in [2.05, 4.69) is 24.5 Å². The van der Waals surface area contributed by atoms with E-state index in [1.54, 1.807) is 17.8 Å². The van der Waals surface area contributed by atoms with Gasteiger partial charge in [0.25, 0.3) is 11.8 Å². The smallest absolute Gasteiger partial charge is 0.329 e. The molecule has 172 valence electrons. The Balaban J connectivity index is 1.92. The third-order valence-electron chi connectivity index (χ3n) is 5.77. The molecule has 2 N–H and O–H groups in total. The number of thioether (sulfide) groups is 1. The summed E-state index contributed by atoms with van der Waals surface area (Å²) in [6.07, 6.45) is 5.44. The zero-order chi connectivity index (χ0) is 23.0. The van der Waals surface area contributed by atoms with Crippen LogP contribution in [0.1, 0.15) is 49.9 Å². The summed E-state index contributed by atoms with van der Waals surface area (Å²) in [6.45, 7) is 3.95. The lowest BCUT2D eigenvalue weighted by Crippen LogP contribution is -2.46. The molecule has 1 aromatic rings. The molecule has 0 saturated heterocycles. The van der Waals surface area contributed by atoms with Gasteiger partial charge in [0.05, 0.1) is 10.6 Å². The van der Waals surface area contributed by atoms with Crippen molar-refractivity contribution < 1.29 is 19.1 Å². The second kappa shape index (κ2) is 12.6. The molecule has 2 rings (SSSR count). The van der Waals surface area contributed by atoms with Gasteiger partial charge < -0.3 is 15.4 Å². The van der Waals surface area contributed by atoms with Gasteiger partial charge in [-0.05, 0) is 54.9 Å². The van der Waals surface area contributed by atoms with Crippen LogP contribution >= 0.6 is 35.0 Å². The standard InChI is InChI=1S/C22H30Cl2N2O4S/c1-13-5-4-6-18(14(13)2)25-20(27)12-30-22(29)19(9-10-31-3)26-21(28)16-8-7-15(23)11-17(16)24/h7-8,11,13-14,18-19H,4-6,9-10,12H2,1-3H3,(H,25,27)(H,26,28)/t13-,14-,18+,19-/m1/s1. The molecule has 0 aromatic heterocycles. The highest BCUT2D eigenvalue weighted by atomic mass is 35.5. The Morgan fingerprint density at radius 3 is 2.65 bits per heavy atom. The van der Waals surface area contributed by atoms with Crippen molar-refractivity contribution >= 4 is 52.7 Å². The van der Waals surface area contributed by atoms with E-state index in [1.807, 2.05) is 6.26 Å². The number of carbonyl (C=O) groups is 3. The molecular formula is C22H30Cl2N2O4S. The molecule has 1 aliphatic rings. The number of esters is 1. The zero-order valence-electron chi connectivity index (χ0n) is 18.1. The van der Waals surface area contributed by atoms with Gasteiger partial charge >= 0.3 is 5.97 Å². The summed E-state index contributed by atoms with van der Waals surface area (Å²) in [7, 11) is 0. The minimum absolute atomic E-state index is 0.0917. The first kappa shape index (κ1) is 25.8. The van der Waals surface area contributed by atoms with E-state index in [1.165, 1.54) is 12.1 Å². The van der Waals surface area contributed by atoms with E-state index >= 15 is 0 Å². The normalized spacial score (nSPS) is 21.8. The minimum Gasteiger partial charge on any atom is -0.454 e. The summed E-state index contributed by atoms with van der Waals surface area (Å²) in [5.74, 6) is 0.0957. The van der Waals surface area contributed by atoms with Gasteiger partial charge in [-0.2, -0.15) is 11.8 Å². The van der Waals surface area contributed by atoms with Gasteiger partial charge in [0, 0.05) is 11.1 Å². The van der Waals surface area contributed by atoms with Crippen LogP contribution in [0, 0.1) is 11.8 Å². The van der Waals surface area contributed by atoms with Crippen LogP contribution in [0.25, 0.3) is 0 Å². The van der Waals surface area contributed by atoms with Crippen LogP contribution in [-0.2, 0) is 14.3 Å². The summed E-state index contributed by atoms with van der Waals surface area (Å²) in [6, 6.07) is 3.72. The fraction of sp³-hybridized carbons (Fsp3) is 0.591. The number of rotatable bonds is 9. The Hall–Kier alpha value is -1.44. The topological polar surface area (TPSA) is 84.5 Å². The first-order valence-corrected chi connectivity index (χ1v) is 12.6. The molecule has 0 heterocycles. The molecule has 0 unspecified atom stereocenters. The fourth-order valence-electron chi connectivity index (χ4n) is 3.67. The Morgan fingerprint density at radius 2 is 1.97 bits per heavy atom. The first-order chi connectivity index (χ1) is 14.7. The van der Waals surface area contributed by atoms with Crippen molar-refractivity contribution in [2.45, 2.75) is 51.6 Å². The van der Waals surface area contributed by atoms with Gasteiger partial charge in [0.15, 0.2) is 6.61 Å². The van der Waals surface area contributed by atoms with E-state index in [4.69, 9.17) is 27.9 Å². The third kappa shape index (κ3) is 7.88. The molecule has 1 fully saturated rings. The van der Waals surface area contributed by atoms with E-state index in [9.17, 15) is 14.4 Å². The summed E-state index contributed by atoms with van der Waals surface area (Å²) in [5, 5.41) is 6.24. The molecule has 1 aliphatic carbocycles. The summed E-state index contributed by atoms with van der Waals surface area (Å²) in [4.78, 5) is 37.5. The average Bonchev–Trinajstić information content (AvgIpc) is 2.72. The van der Waals surface area contributed by atoms with E-state index < -0.39 is 17.9 Å². The van der Waals surface area contributed by atoms with E-state index in [-0.39, 0.29) is 29.1 Å². The molecule has 0 aliphatic heterocycles. The summed E-state index contributed by atoms with van der Waals surface area (Å²) in [5.41, 5.74) is 0.214. The van der Waals surface area contributed by atoms with Crippen LogP contribution in [0.15, 0.2) is 18.2 Å². The molecular weight excluding hydrogens is 459 g/mol. The SMILES string of the molecule is CSCC[C@@H](NC(=O)c1ccc(Cl)cc1Cl)C(=O)OCC(=O)N[C@H]1CCC[C@@H](C)[C@H]1C. The highest BCUT2D eigenvalue weighted by Crippen LogP contribution is 2.29. The highest BCUT2D eigenvalue weighted by molar-refractivity contribution is 7.98. The van der Waals surface area contributed by atoms with Crippen molar-refractivity contribution in [1.29, 1.82) is 0 Å². The van der Waals surface area contributed by atoms with Crippen molar-refractivity contribution in [3.8, 4) is 0 Å². The van der Waals surface area contributed by atoms with Crippen molar-refractivity contribution in [2.24, 2.45) is 11.8 Å². The molecule has 0 radical (unpaired) electrons. The van der Waals surface area contributed by atoms with Crippen LogP contribution in [0.2, 0.25) is 10.0 Å². The second-order valence-corrected chi connectivity index (χ2v) is 9.81. The molecule has 1 aromatic carbocycles. The number of hydrogen-bond donors (Lipinski definition) is 2. The number of carbonyl (C=O) groups excluding carboxylic acids is 3. The minimum atomic E-state index is -0.881. The first-order valence-electron chi connectivity index (χ1n) is 10.4. The molecule has 31 heavy (non-hydrogen) atoms. The van der Waals surface area contributed by atoms with E-state index in [0.717, 1.165) is 19.3 Å². The van der Waals surface area contributed by atoms with Gasteiger partial charge in [0.1, 0.15) is 6.04 Å². The maximum atomic E-state index is 12.6.